The Morgan fingerprint density at radius 2 is 1.83 bits per heavy atom. The summed E-state index contributed by atoms with van der Waals surface area (Å²) < 4.78 is 1.66. The first-order valence-electron chi connectivity index (χ1n) is 9.60. The van der Waals surface area contributed by atoms with Gasteiger partial charge in [-0.25, -0.2) is 4.68 Å². The van der Waals surface area contributed by atoms with Gasteiger partial charge in [-0.2, -0.15) is 5.10 Å². The number of H-pyrrole nitrogens is 1. The van der Waals surface area contributed by atoms with Crippen LogP contribution in [0.4, 0.5) is 0 Å². The van der Waals surface area contributed by atoms with Crippen molar-refractivity contribution in [2.75, 3.05) is 13.1 Å². The molecule has 2 aromatic carbocycles. The van der Waals surface area contributed by atoms with E-state index in [1.54, 1.807) is 21.7 Å². The molecule has 1 amide bonds. The zero-order valence-corrected chi connectivity index (χ0v) is 15.7. The Bertz CT molecular complexity index is 1160. The Balaban J connectivity index is 1.36. The van der Waals surface area contributed by atoms with Gasteiger partial charge in [0.2, 0.25) is 0 Å². The van der Waals surface area contributed by atoms with Crippen LogP contribution < -0.4 is 5.11 Å². The minimum Gasteiger partial charge on any atom is -0.852 e. The molecule has 146 valence electrons. The normalized spacial score (nSPS) is 15.1. The molecule has 29 heavy (non-hydrogen) atoms. The number of piperidine rings is 1. The fraction of sp³-hybridized carbons (Fsp3) is 0.238. The number of carbonyl (C=O) groups is 1. The number of hydrogen-bond donors (Lipinski definition) is 1. The van der Waals surface area contributed by atoms with E-state index >= 15 is 0 Å². The molecule has 1 aliphatic heterocycles. The van der Waals surface area contributed by atoms with E-state index in [0.29, 0.717) is 37.2 Å². The van der Waals surface area contributed by atoms with E-state index in [2.05, 4.69) is 20.5 Å². The number of hydrogen-bond acceptors (Lipinski definition) is 5. The molecule has 1 fully saturated rings. The average molecular weight is 387 g/mol. The van der Waals surface area contributed by atoms with Crippen molar-refractivity contribution in [1.29, 1.82) is 0 Å². The lowest BCUT2D eigenvalue weighted by molar-refractivity contribution is -0.425. The smallest absolute Gasteiger partial charge is 0.253 e. The predicted molar refractivity (Wildman–Crippen MR) is 105 cm³/mol. The predicted octanol–water partition coefficient (Wildman–Crippen LogP) is 1.78. The van der Waals surface area contributed by atoms with E-state index in [0.717, 1.165) is 22.3 Å². The standard InChI is InChI=1S/C21H19N6O2/c28-16-9-11-26(12-10-16)21(29)14-5-7-15(8-6-14)27-13-19(23-25-27)20-17-3-1-2-4-18(17)22-24-20/h1-8,13,16H,9-12H2,(H,22,24)/q-1. The van der Waals surface area contributed by atoms with Crippen LogP contribution in [0.25, 0.3) is 28.0 Å². The van der Waals surface area contributed by atoms with Crippen LogP contribution in [0, 0.1) is 0 Å². The van der Waals surface area contributed by atoms with Crippen molar-refractivity contribution in [2.45, 2.75) is 18.9 Å². The number of aromatic amines is 1. The molecule has 0 bridgehead atoms. The number of likely N-dealkylation sites (tertiary alicyclic amines) is 1. The summed E-state index contributed by atoms with van der Waals surface area (Å²) in [5.41, 5.74) is 3.78. The van der Waals surface area contributed by atoms with Gasteiger partial charge < -0.3 is 10.0 Å². The molecule has 0 saturated carbocycles. The first kappa shape index (κ1) is 17.6. The van der Waals surface area contributed by atoms with Gasteiger partial charge >= 0.3 is 0 Å². The molecule has 0 unspecified atom stereocenters. The second-order valence-corrected chi connectivity index (χ2v) is 7.20. The maximum atomic E-state index is 12.6. The first-order chi connectivity index (χ1) is 14.2. The summed E-state index contributed by atoms with van der Waals surface area (Å²) in [6, 6.07) is 15.1. The molecule has 3 heterocycles. The van der Waals surface area contributed by atoms with Crippen molar-refractivity contribution in [1.82, 2.24) is 30.1 Å². The number of nitrogens with one attached hydrogen (secondary N) is 1. The quantitative estimate of drug-likeness (QED) is 0.577. The molecule has 0 atom stereocenters. The summed E-state index contributed by atoms with van der Waals surface area (Å²) >= 11 is 0. The van der Waals surface area contributed by atoms with E-state index < -0.39 is 6.10 Å². The minimum absolute atomic E-state index is 0.0364. The number of fused-ring (bicyclic) bond motifs is 1. The number of para-hydroxylation sites is 1. The van der Waals surface area contributed by atoms with Gasteiger partial charge in [0.15, 0.2) is 0 Å². The van der Waals surface area contributed by atoms with E-state index in [-0.39, 0.29) is 5.91 Å². The van der Waals surface area contributed by atoms with Gasteiger partial charge in [-0.3, -0.25) is 9.89 Å². The number of benzene rings is 2. The van der Waals surface area contributed by atoms with Crippen molar-refractivity contribution < 1.29 is 9.90 Å². The van der Waals surface area contributed by atoms with Crippen LogP contribution in [0.3, 0.4) is 0 Å². The third-order valence-electron chi connectivity index (χ3n) is 5.31. The van der Waals surface area contributed by atoms with Crippen molar-refractivity contribution in [3.63, 3.8) is 0 Å². The summed E-state index contributed by atoms with van der Waals surface area (Å²) in [5.74, 6) is -0.0364. The lowest BCUT2D eigenvalue weighted by Crippen LogP contribution is -2.44. The van der Waals surface area contributed by atoms with Crippen LogP contribution in [-0.4, -0.2) is 55.2 Å². The summed E-state index contributed by atoms with van der Waals surface area (Å²) in [7, 11) is 0. The topological polar surface area (TPSA) is 103 Å². The van der Waals surface area contributed by atoms with E-state index in [9.17, 15) is 9.90 Å². The highest BCUT2D eigenvalue weighted by Gasteiger charge is 2.19. The summed E-state index contributed by atoms with van der Waals surface area (Å²) in [5, 5.41) is 28.2. The molecule has 0 spiro atoms. The number of nitrogens with zero attached hydrogens (tertiary/aromatic N) is 5. The lowest BCUT2D eigenvalue weighted by Gasteiger charge is -2.35. The molecule has 0 aliphatic carbocycles. The van der Waals surface area contributed by atoms with Crippen molar-refractivity contribution in [2.24, 2.45) is 0 Å². The third-order valence-corrected chi connectivity index (χ3v) is 5.31. The van der Waals surface area contributed by atoms with Gasteiger partial charge in [0, 0.05) is 24.0 Å². The van der Waals surface area contributed by atoms with Crippen LogP contribution in [0.15, 0.2) is 54.7 Å². The summed E-state index contributed by atoms with van der Waals surface area (Å²) in [6.45, 7) is 1.05. The Kier molecular flexibility index (Phi) is 4.33. The van der Waals surface area contributed by atoms with E-state index in [1.165, 1.54) is 0 Å². The molecule has 2 aromatic heterocycles. The number of aromatic nitrogens is 5. The van der Waals surface area contributed by atoms with Crippen LogP contribution in [0.1, 0.15) is 23.2 Å². The van der Waals surface area contributed by atoms with Gasteiger partial charge in [0.05, 0.1) is 17.4 Å². The SMILES string of the molecule is O=C(c1ccc(-n2cc(-c3n[nH]c4ccccc34)nn2)cc1)N1CCC([O-])CC1. The van der Waals surface area contributed by atoms with Gasteiger partial charge in [-0.05, 0) is 43.2 Å². The third kappa shape index (κ3) is 3.27. The van der Waals surface area contributed by atoms with Crippen molar-refractivity contribution in [3.05, 3.63) is 60.3 Å². The summed E-state index contributed by atoms with van der Waals surface area (Å²) in [6.07, 6.45) is 2.31. The lowest BCUT2D eigenvalue weighted by atomic mass is 10.1. The molecule has 8 heteroatoms. The van der Waals surface area contributed by atoms with Gasteiger partial charge in [0.25, 0.3) is 5.91 Å². The van der Waals surface area contributed by atoms with Gasteiger partial charge in [-0.15, -0.1) is 11.2 Å². The molecular weight excluding hydrogens is 368 g/mol. The number of carbonyl (C=O) groups excluding carboxylic acids is 1. The molecule has 1 saturated heterocycles. The molecule has 4 aromatic rings. The minimum atomic E-state index is -0.547. The zero-order chi connectivity index (χ0) is 19.8. The Morgan fingerprint density at radius 1 is 1.07 bits per heavy atom. The van der Waals surface area contributed by atoms with Crippen LogP contribution in [0.5, 0.6) is 0 Å². The van der Waals surface area contributed by atoms with Crippen molar-refractivity contribution in [3.8, 4) is 17.1 Å². The molecular formula is C21H19N6O2-. The maximum Gasteiger partial charge on any atom is 0.253 e. The highest BCUT2D eigenvalue weighted by Crippen LogP contribution is 2.24. The highest BCUT2D eigenvalue weighted by molar-refractivity contribution is 5.94. The fourth-order valence-corrected chi connectivity index (χ4v) is 3.66. The second kappa shape index (κ2) is 7.14. The summed E-state index contributed by atoms with van der Waals surface area (Å²) in [4.78, 5) is 14.4. The Hall–Kier alpha value is -3.52. The van der Waals surface area contributed by atoms with Crippen LogP contribution in [0.2, 0.25) is 0 Å². The molecule has 1 N–H and O–H groups in total. The Morgan fingerprint density at radius 3 is 2.62 bits per heavy atom. The fourth-order valence-electron chi connectivity index (χ4n) is 3.66. The number of amides is 1. The molecule has 0 radical (unpaired) electrons. The van der Waals surface area contributed by atoms with Gasteiger partial charge in [0.1, 0.15) is 11.4 Å². The molecule has 5 rings (SSSR count). The van der Waals surface area contributed by atoms with Crippen LogP contribution >= 0.6 is 0 Å². The number of rotatable bonds is 3. The second-order valence-electron chi connectivity index (χ2n) is 7.20. The zero-order valence-electron chi connectivity index (χ0n) is 15.7. The maximum absolute atomic E-state index is 12.6. The molecule has 1 aliphatic rings. The first-order valence-corrected chi connectivity index (χ1v) is 9.60. The van der Waals surface area contributed by atoms with Crippen LogP contribution in [-0.2, 0) is 0 Å². The monoisotopic (exact) mass is 387 g/mol. The van der Waals surface area contributed by atoms with Crippen molar-refractivity contribution >= 4 is 16.8 Å². The average Bonchev–Trinajstić information content (AvgIpc) is 3.41. The van der Waals surface area contributed by atoms with Gasteiger partial charge in [-0.1, -0.05) is 23.4 Å². The molecule has 8 nitrogen and oxygen atoms in total. The highest BCUT2D eigenvalue weighted by atomic mass is 16.3. The van der Waals surface area contributed by atoms with E-state index in [4.69, 9.17) is 0 Å². The largest absolute Gasteiger partial charge is 0.852 e. The Labute approximate surface area is 166 Å². The van der Waals surface area contributed by atoms with E-state index in [1.807, 2.05) is 42.6 Å².